The van der Waals surface area contributed by atoms with Gasteiger partial charge in [0.25, 0.3) is 6.71 Å². The van der Waals surface area contributed by atoms with Gasteiger partial charge in [0.2, 0.25) is 0 Å². The Bertz CT molecular complexity index is 3100. The van der Waals surface area contributed by atoms with Crippen LogP contribution in [0.2, 0.25) is 0 Å². The largest absolute Gasteiger partial charge is 0.455 e. The van der Waals surface area contributed by atoms with E-state index >= 15 is 0 Å². The Labute approximate surface area is 305 Å². The van der Waals surface area contributed by atoms with E-state index in [1.807, 2.05) is 18.2 Å². The molecule has 4 heterocycles. The minimum absolute atomic E-state index is 0.0703. The fourth-order valence-corrected chi connectivity index (χ4v) is 9.05. The molecular weight excluding hydrogens is 647 g/mol. The monoisotopic (exact) mass is 676 g/mol. The molecule has 0 fully saturated rings. The molecule has 53 heavy (non-hydrogen) atoms. The molecule has 0 bridgehead atoms. The number of rotatable bonds is 3. The molecular formula is C48H29BN2O2. The summed E-state index contributed by atoms with van der Waals surface area (Å²) in [5.41, 5.74) is 16.5. The van der Waals surface area contributed by atoms with Crippen molar-refractivity contribution in [2.75, 3.05) is 9.80 Å². The summed E-state index contributed by atoms with van der Waals surface area (Å²) in [6.07, 6.45) is 0. The van der Waals surface area contributed by atoms with Crippen LogP contribution in [0, 0.1) is 0 Å². The number of hydrogen-bond donors (Lipinski definition) is 0. The summed E-state index contributed by atoms with van der Waals surface area (Å²) < 4.78 is 13.1. The molecule has 0 spiro atoms. The fraction of sp³-hybridized carbons (Fsp3) is 0. The Hall–Kier alpha value is -6.98. The van der Waals surface area contributed by atoms with Gasteiger partial charge in [-0.15, -0.1) is 0 Å². The van der Waals surface area contributed by atoms with E-state index in [0.717, 1.165) is 72.1 Å². The lowest BCUT2D eigenvalue weighted by Crippen LogP contribution is -2.61. The molecule has 4 nitrogen and oxygen atoms in total. The molecule has 0 radical (unpaired) electrons. The van der Waals surface area contributed by atoms with Gasteiger partial charge in [0.15, 0.2) is 5.58 Å². The number of para-hydroxylation sites is 6. The molecule has 0 saturated carbocycles. The van der Waals surface area contributed by atoms with Crippen LogP contribution in [-0.2, 0) is 0 Å². The van der Waals surface area contributed by atoms with Crippen molar-refractivity contribution in [3.05, 3.63) is 176 Å². The van der Waals surface area contributed by atoms with Gasteiger partial charge in [0.1, 0.15) is 16.7 Å². The van der Waals surface area contributed by atoms with Gasteiger partial charge in [-0.1, -0.05) is 121 Å². The van der Waals surface area contributed by atoms with E-state index in [0.29, 0.717) is 0 Å². The van der Waals surface area contributed by atoms with Crippen LogP contribution in [0.15, 0.2) is 185 Å². The predicted molar refractivity (Wildman–Crippen MR) is 220 cm³/mol. The molecule has 10 aromatic rings. The SMILES string of the molecule is c1ccc2c(c1)B1c3ccccc3N(c3cccc4c3oc3ccccc34)c3cccc(c31)N2c1ccc(-c2cccc3c2oc2ccccc23)cc1. The average Bonchev–Trinajstić information content (AvgIpc) is 3.80. The van der Waals surface area contributed by atoms with Crippen molar-refractivity contribution in [2.45, 2.75) is 0 Å². The van der Waals surface area contributed by atoms with Crippen LogP contribution < -0.4 is 26.2 Å². The van der Waals surface area contributed by atoms with Crippen LogP contribution >= 0.6 is 0 Å². The minimum atomic E-state index is 0.0703. The summed E-state index contributed by atoms with van der Waals surface area (Å²) in [5.74, 6) is 0. The Balaban J connectivity index is 1.06. The predicted octanol–water partition coefficient (Wildman–Crippen LogP) is 11.2. The lowest BCUT2D eigenvalue weighted by Gasteiger charge is -2.43. The summed E-state index contributed by atoms with van der Waals surface area (Å²) in [4.78, 5) is 4.85. The normalized spacial score (nSPS) is 13.2. The molecule has 2 aliphatic heterocycles. The highest BCUT2D eigenvalue weighted by Gasteiger charge is 2.43. The van der Waals surface area contributed by atoms with Crippen molar-refractivity contribution in [1.29, 1.82) is 0 Å². The van der Waals surface area contributed by atoms with Crippen LogP contribution in [0.5, 0.6) is 0 Å². The van der Waals surface area contributed by atoms with Crippen LogP contribution in [0.4, 0.5) is 34.1 Å². The van der Waals surface area contributed by atoms with E-state index in [-0.39, 0.29) is 6.71 Å². The van der Waals surface area contributed by atoms with Gasteiger partial charge in [-0.25, -0.2) is 0 Å². The zero-order chi connectivity index (χ0) is 34.6. The van der Waals surface area contributed by atoms with Crippen LogP contribution in [-0.4, -0.2) is 6.71 Å². The first-order chi connectivity index (χ1) is 26.3. The van der Waals surface area contributed by atoms with E-state index < -0.39 is 0 Å². The van der Waals surface area contributed by atoms with E-state index in [1.165, 1.54) is 33.5 Å². The van der Waals surface area contributed by atoms with Crippen molar-refractivity contribution in [2.24, 2.45) is 0 Å². The van der Waals surface area contributed by atoms with E-state index in [4.69, 9.17) is 8.83 Å². The number of nitrogens with zero attached hydrogens (tertiary/aromatic N) is 2. The Kier molecular flexibility index (Phi) is 5.83. The van der Waals surface area contributed by atoms with Crippen molar-refractivity contribution in [3.63, 3.8) is 0 Å². The number of hydrogen-bond acceptors (Lipinski definition) is 4. The van der Waals surface area contributed by atoms with Crippen molar-refractivity contribution < 1.29 is 8.83 Å². The first kappa shape index (κ1) is 28.7. The van der Waals surface area contributed by atoms with Crippen LogP contribution in [0.25, 0.3) is 55.0 Å². The quantitative estimate of drug-likeness (QED) is 0.174. The molecule has 2 aliphatic rings. The minimum Gasteiger partial charge on any atom is -0.455 e. The highest BCUT2D eigenvalue weighted by molar-refractivity contribution is 7.00. The molecule has 12 rings (SSSR count). The highest BCUT2D eigenvalue weighted by Crippen LogP contribution is 2.47. The van der Waals surface area contributed by atoms with Gasteiger partial charge in [0.05, 0.1) is 5.69 Å². The standard InChI is InChI=1S/C48H29BN2O2/c1-7-24-44-33(12-1)35-15-9-14-32(47(35)52-44)30-26-28-31(29-27-30)50-39-19-5-3-17-37(39)49-38-18-4-6-20-40(38)51(42-22-11-21-41(50)46(42)49)43-23-10-16-36-34-13-2-8-25-45(34)53-48(36)43/h1-29H. The molecule has 0 unspecified atom stereocenters. The lowest BCUT2D eigenvalue weighted by molar-refractivity contribution is 0.669. The topological polar surface area (TPSA) is 32.8 Å². The molecule has 2 aromatic heterocycles. The lowest BCUT2D eigenvalue weighted by atomic mass is 9.33. The Morgan fingerprint density at radius 1 is 0.358 bits per heavy atom. The molecule has 246 valence electrons. The molecule has 0 aliphatic carbocycles. The zero-order valence-electron chi connectivity index (χ0n) is 28.5. The second-order valence-electron chi connectivity index (χ2n) is 14.0. The van der Waals surface area contributed by atoms with Crippen molar-refractivity contribution in [1.82, 2.24) is 0 Å². The van der Waals surface area contributed by atoms with E-state index in [9.17, 15) is 0 Å². The average molecular weight is 677 g/mol. The zero-order valence-corrected chi connectivity index (χ0v) is 28.5. The second-order valence-corrected chi connectivity index (χ2v) is 14.0. The van der Waals surface area contributed by atoms with Gasteiger partial charge in [0, 0.05) is 55.5 Å². The number of benzene rings is 8. The number of anilines is 6. The molecule has 0 amide bonds. The van der Waals surface area contributed by atoms with Crippen LogP contribution in [0.1, 0.15) is 0 Å². The summed E-state index contributed by atoms with van der Waals surface area (Å²) >= 11 is 0. The molecule has 0 N–H and O–H groups in total. The first-order valence-corrected chi connectivity index (χ1v) is 18.1. The third-order valence-corrected chi connectivity index (χ3v) is 11.3. The summed E-state index contributed by atoms with van der Waals surface area (Å²) in [6.45, 7) is 0.0703. The maximum atomic E-state index is 6.64. The maximum absolute atomic E-state index is 6.64. The van der Waals surface area contributed by atoms with Gasteiger partial charge in [-0.05, 0) is 76.5 Å². The molecule has 0 atom stereocenters. The first-order valence-electron chi connectivity index (χ1n) is 18.1. The fourth-order valence-electron chi connectivity index (χ4n) is 9.05. The molecule has 5 heteroatoms. The Morgan fingerprint density at radius 3 is 1.57 bits per heavy atom. The van der Waals surface area contributed by atoms with Crippen molar-refractivity contribution >= 4 is 101 Å². The third kappa shape index (κ3) is 3.96. The second kappa shape index (κ2) is 10.8. The van der Waals surface area contributed by atoms with Gasteiger partial charge in [-0.2, -0.15) is 0 Å². The van der Waals surface area contributed by atoms with Gasteiger partial charge < -0.3 is 18.6 Å². The molecule has 0 saturated heterocycles. The van der Waals surface area contributed by atoms with Crippen molar-refractivity contribution in [3.8, 4) is 11.1 Å². The highest BCUT2D eigenvalue weighted by atomic mass is 16.3. The third-order valence-electron chi connectivity index (χ3n) is 11.3. The van der Waals surface area contributed by atoms with Gasteiger partial charge >= 0.3 is 0 Å². The Morgan fingerprint density at radius 2 is 0.849 bits per heavy atom. The number of furan rings is 2. The summed E-state index contributed by atoms with van der Waals surface area (Å²) in [5, 5.41) is 4.52. The number of fused-ring (bicyclic) bond motifs is 10. The van der Waals surface area contributed by atoms with E-state index in [2.05, 4.69) is 168 Å². The smallest absolute Gasteiger partial charge is 0.252 e. The summed E-state index contributed by atoms with van der Waals surface area (Å²) in [7, 11) is 0. The van der Waals surface area contributed by atoms with Crippen LogP contribution in [0.3, 0.4) is 0 Å². The summed E-state index contributed by atoms with van der Waals surface area (Å²) in [6, 6.07) is 63.0. The van der Waals surface area contributed by atoms with Gasteiger partial charge in [-0.3, -0.25) is 0 Å². The maximum Gasteiger partial charge on any atom is 0.252 e. The van der Waals surface area contributed by atoms with E-state index in [1.54, 1.807) is 0 Å². The molecule has 8 aromatic carbocycles.